The lowest BCUT2D eigenvalue weighted by molar-refractivity contribution is 0.589. The van der Waals surface area contributed by atoms with Gasteiger partial charge in [-0.1, -0.05) is 18.2 Å². The molecule has 3 aromatic heterocycles. The molecule has 0 aliphatic carbocycles. The summed E-state index contributed by atoms with van der Waals surface area (Å²) in [6.45, 7) is 3.98. The second-order valence-electron chi connectivity index (χ2n) is 5.43. The molecule has 0 bridgehead atoms. The van der Waals surface area contributed by atoms with Crippen LogP contribution < -0.4 is 0 Å². The van der Waals surface area contributed by atoms with Crippen molar-refractivity contribution in [3.63, 3.8) is 0 Å². The third-order valence-corrected chi connectivity index (χ3v) is 3.88. The van der Waals surface area contributed by atoms with Gasteiger partial charge in [0.2, 0.25) is 0 Å². The summed E-state index contributed by atoms with van der Waals surface area (Å²) in [6.07, 6.45) is 3.61. The zero-order valence-corrected chi connectivity index (χ0v) is 13.0. The zero-order chi connectivity index (χ0) is 15.8. The van der Waals surface area contributed by atoms with Gasteiger partial charge in [0.15, 0.2) is 11.6 Å². The smallest absolute Gasteiger partial charge is 0.157 e. The summed E-state index contributed by atoms with van der Waals surface area (Å²) < 4.78 is 3.91. The van der Waals surface area contributed by atoms with Crippen molar-refractivity contribution in [3.05, 3.63) is 66.6 Å². The minimum absolute atomic E-state index is 0.00870. The summed E-state index contributed by atoms with van der Waals surface area (Å²) in [5.41, 5.74) is 2.05. The molecule has 0 fully saturated rings. The molecule has 0 saturated carbocycles. The number of aromatic nitrogens is 6. The van der Waals surface area contributed by atoms with Crippen molar-refractivity contribution in [3.8, 4) is 5.82 Å². The summed E-state index contributed by atoms with van der Waals surface area (Å²) in [5, 5.41) is 4.50. The van der Waals surface area contributed by atoms with Crippen LogP contribution in [0.15, 0.2) is 55.0 Å². The van der Waals surface area contributed by atoms with Crippen molar-refractivity contribution >= 4 is 11.0 Å². The summed E-state index contributed by atoms with van der Waals surface area (Å²) in [4.78, 5) is 13.5. The molecule has 3 heterocycles. The predicted molar refractivity (Wildman–Crippen MR) is 87.4 cm³/mol. The third kappa shape index (κ3) is 2.28. The lowest BCUT2D eigenvalue weighted by Gasteiger charge is -2.14. The lowest BCUT2D eigenvalue weighted by Crippen LogP contribution is -2.13. The number of hydrogen-bond acceptors (Lipinski definition) is 4. The van der Waals surface area contributed by atoms with Crippen LogP contribution in [-0.2, 0) is 0 Å². The highest BCUT2D eigenvalue weighted by molar-refractivity contribution is 5.75. The maximum Gasteiger partial charge on any atom is 0.157 e. The molecule has 1 atom stereocenters. The highest BCUT2D eigenvalue weighted by Gasteiger charge is 2.19. The van der Waals surface area contributed by atoms with Crippen LogP contribution in [0.5, 0.6) is 0 Å². The highest BCUT2D eigenvalue weighted by atomic mass is 15.4. The normalized spacial score (nSPS) is 12.6. The number of hydrogen-bond donors (Lipinski definition) is 0. The van der Waals surface area contributed by atoms with E-state index in [1.807, 2.05) is 49.6 Å². The molecular weight excluding hydrogens is 288 g/mol. The first-order chi connectivity index (χ1) is 11.2. The standard InChI is InChI=1S/C17H16N6/c1-12(22-11-19-14-7-3-4-8-15(14)22)17-20-13(2)21-23(17)16-9-5-6-10-18-16/h3-12H,1-2H3/t12-/m1/s1. The van der Waals surface area contributed by atoms with E-state index in [2.05, 4.69) is 37.6 Å². The molecule has 0 N–H and O–H groups in total. The van der Waals surface area contributed by atoms with Gasteiger partial charge in [-0.05, 0) is 38.1 Å². The first-order valence-electron chi connectivity index (χ1n) is 7.50. The number of imidazole rings is 1. The Balaban J connectivity index is 1.85. The van der Waals surface area contributed by atoms with Crippen LogP contribution in [0.1, 0.15) is 24.6 Å². The fourth-order valence-corrected chi connectivity index (χ4v) is 2.76. The molecule has 23 heavy (non-hydrogen) atoms. The van der Waals surface area contributed by atoms with E-state index in [-0.39, 0.29) is 6.04 Å². The van der Waals surface area contributed by atoms with Gasteiger partial charge in [-0.2, -0.15) is 4.68 Å². The van der Waals surface area contributed by atoms with E-state index < -0.39 is 0 Å². The maximum atomic E-state index is 4.61. The van der Waals surface area contributed by atoms with Crippen molar-refractivity contribution in [1.82, 2.24) is 29.3 Å². The summed E-state index contributed by atoms with van der Waals surface area (Å²) >= 11 is 0. The van der Waals surface area contributed by atoms with Gasteiger partial charge in [0.05, 0.1) is 23.4 Å². The molecule has 0 amide bonds. The number of benzene rings is 1. The van der Waals surface area contributed by atoms with E-state index in [1.165, 1.54) is 0 Å². The lowest BCUT2D eigenvalue weighted by atomic mass is 10.2. The molecule has 4 aromatic rings. The molecule has 4 rings (SSSR count). The largest absolute Gasteiger partial charge is 0.320 e. The van der Waals surface area contributed by atoms with Gasteiger partial charge < -0.3 is 4.57 Å². The molecule has 6 heteroatoms. The van der Waals surface area contributed by atoms with Gasteiger partial charge >= 0.3 is 0 Å². The molecular formula is C17H16N6. The molecule has 1 aromatic carbocycles. The maximum absolute atomic E-state index is 4.61. The highest BCUT2D eigenvalue weighted by Crippen LogP contribution is 2.23. The second kappa shape index (κ2) is 5.31. The quantitative estimate of drug-likeness (QED) is 0.584. The Hall–Kier alpha value is -3.02. The van der Waals surface area contributed by atoms with Crippen molar-refractivity contribution in [2.75, 3.05) is 0 Å². The van der Waals surface area contributed by atoms with Crippen LogP contribution in [0.25, 0.3) is 16.9 Å². The van der Waals surface area contributed by atoms with Crippen molar-refractivity contribution in [2.45, 2.75) is 19.9 Å². The van der Waals surface area contributed by atoms with Gasteiger partial charge in [-0.25, -0.2) is 15.0 Å². The monoisotopic (exact) mass is 304 g/mol. The number of rotatable bonds is 3. The summed E-state index contributed by atoms with van der Waals surface area (Å²) in [7, 11) is 0. The number of aryl methyl sites for hydroxylation is 1. The van der Waals surface area contributed by atoms with Gasteiger partial charge in [-0.15, -0.1) is 5.10 Å². The summed E-state index contributed by atoms with van der Waals surface area (Å²) in [5.74, 6) is 2.32. The van der Waals surface area contributed by atoms with Crippen LogP contribution in [0.4, 0.5) is 0 Å². The molecule has 6 nitrogen and oxygen atoms in total. The van der Waals surface area contributed by atoms with E-state index >= 15 is 0 Å². The predicted octanol–water partition coefficient (Wildman–Crippen LogP) is 2.93. The van der Waals surface area contributed by atoms with Crippen LogP contribution in [0.3, 0.4) is 0 Å². The molecule has 114 valence electrons. The molecule has 0 unspecified atom stereocenters. The Kier molecular flexibility index (Phi) is 3.15. The SMILES string of the molecule is Cc1nc([C@@H](C)n2cnc3ccccc32)n(-c2ccccn2)n1. The molecule has 0 aliphatic heterocycles. The molecule has 0 spiro atoms. The summed E-state index contributed by atoms with van der Waals surface area (Å²) in [6, 6.07) is 13.8. The first kappa shape index (κ1) is 13.6. The fourth-order valence-electron chi connectivity index (χ4n) is 2.76. The van der Waals surface area contributed by atoms with Crippen LogP contribution in [0, 0.1) is 6.92 Å². The van der Waals surface area contributed by atoms with E-state index in [4.69, 9.17) is 0 Å². The Morgan fingerprint density at radius 1 is 1.00 bits per heavy atom. The topological polar surface area (TPSA) is 61.4 Å². The Labute approximate surface area is 133 Å². The number of para-hydroxylation sites is 2. The number of fused-ring (bicyclic) bond motifs is 1. The number of nitrogens with zero attached hydrogens (tertiary/aromatic N) is 6. The Morgan fingerprint density at radius 3 is 2.65 bits per heavy atom. The average Bonchev–Trinajstić information content (AvgIpc) is 3.19. The Bertz CT molecular complexity index is 954. The van der Waals surface area contributed by atoms with E-state index in [0.29, 0.717) is 0 Å². The Morgan fingerprint density at radius 2 is 1.83 bits per heavy atom. The third-order valence-electron chi connectivity index (χ3n) is 3.88. The van der Waals surface area contributed by atoms with Gasteiger partial charge in [0.25, 0.3) is 0 Å². The first-order valence-corrected chi connectivity index (χ1v) is 7.50. The van der Waals surface area contributed by atoms with Crippen LogP contribution in [-0.4, -0.2) is 29.3 Å². The molecule has 0 radical (unpaired) electrons. The van der Waals surface area contributed by atoms with E-state index in [0.717, 1.165) is 28.5 Å². The fraction of sp³-hybridized carbons (Fsp3) is 0.176. The zero-order valence-electron chi connectivity index (χ0n) is 13.0. The second-order valence-corrected chi connectivity index (χ2v) is 5.43. The van der Waals surface area contributed by atoms with Crippen molar-refractivity contribution in [1.29, 1.82) is 0 Å². The van der Waals surface area contributed by atoms with Crippen LogP contribution >= 0.6 is 0 Å². The van der Waals surface area contributed by atoms with Crippen molar-refractivity contribution in [2.24, 2.45) is 0 Å². The molecule has 0 aliphatic rings. The number of pyridine rings is 1. The van der Waals surface area contributed by atoms with Gasteiger partial charge in [0, 0.05) is 6.20 Å². The van der Waals surface area contributed by atoms with Crippen LogP contribution in [0.2, 0.25) is 0 Å². The minimum atomic E-state index is -0.00870. The molecule has 0 saturated heterocycles. The average molecular weight is 304 g/mol. The van der Waals surface area contributed by atoms with Gasteiger partial charge in [0.1, 0.15) is 5.82 Å². The van der Waals surface area contributed by atoms with E-state index in [1.54, 1.807) is 10.9 Å². The van der Waals surface area contributed by atoms with Gasteiger partial charge in [-0.3, -0.25) is 0 Å². The van der Waals surface area contributed by atoms with Crippen molar-refractivity contribution < 1.29 is 0 Å². The van der Waals surface area contributed by atoms with E-state index in [9.17, 15) is 0 Å². The minimum Gasteiger partial charge on any atom is -0.320 e.